The Kier molecular flexibility index (Phi) is 14.2. The van der Waals surface area contributed by atoms with E-state index >= 15 is 0 Å². The molecule has 2 saturated heterocycles. The summed E-state index contributed by atoms with van der Waals surface area (Å²) in [7, 11) is 5.43. The van der Waals surface area contributed by atoms with Crippen LogP contribution in [0.1, 0.15) is 98.4 Å². The Morgan fingerprint density at radius 2 is 1.79 bits per heavy atom. The predicted molar refractivity (Wildman–Crippen MR) is 260 cm³/mol. The quantitative estimate of drug-likeness (QED) is 0.146. The van der Waals surface area contributed by atoms with E-state index in [1.54, 1.807) is 37.1 Å². The lowest BCUT2D eigenvalue weighted by atomic mass is 9.84. The fraction of sp³-hybridized carbons (Fsp3) is 0.509. The minimum atomic E-state index is -1.03. The van der Waals surface area contributed by atoms with E-state index in [0.29, 0.717) is 38.8 Å². The van der Waals surface area contributed by atoms with Crippen LogP contribution in [0, 0.1) is 29.1 Å². The number of pyridine rings is 1. The van der Waals surface area contributed by atoms with E-state index in [1.807, 2.05) is 25.1 Å². The monoisotopic (exact) mass is 916 g/mol. The second-order valence-corrected chi connectivity index (χ2v) is 19.7. The summed E-state index contributed by atoms with van der Waals surface area (Å²) in [5, 5.41) is 5.68. The van der Waals surface area contributed by atoms with Crippen LogP contribution in [0.4, 0.5) is 0 Å². The highest BCUT2D eigenvalue weighted by Crippen LogP contribution is 2.41. The van der Waals surface area contributed by atoms with Gasteiger partial charge in [0, 0.05) is 78.2 Å². The maximum Gasteiger partial charge on any atom is 0.324 e. The SMILES string of the molecule is CC#CC(=O)N1CC[C@H](C(=O)N(C)[C@H](C(=O)N[C@H]2Cc3cccc(c3)-c3ccc4c(c3)c(c(-c3cccnc3[C@H](C)OC)n4C)CC(C)(C)COC(=O)[C@@H]3CCCN(N3)C2=O)C2CCCC2)C1.[HH].[HH]. The van der Waals surface area contributed by atoms with Crippen LogP contribution >= 0.6 is 0 Å². The standard InChI is InChI=1S/C53H65N7O7.2H2/c1-8-14-45(61)59-26-23-38(31-59)50(63)58(6)47(35-16-9-10-17-35)49(62)55-43-28-34-15-11-18-36(27-34)37-21-22-44-40(29-37)41(48(57(44)5)39-19-12-24-54-46(39)33(2)66-7)30-53(3,4)32-67-52(65)42-20-13-25-60(56-42)51(43)64;;/h11-12,15,18-19,21-22,24,27,29,33,35,38,42-43,47,56H,9-10,13,16-17,20,23,25-26,28,30-32H2,1-7H3,(H,55,62);2*1H/t33-,38-,42-,43-,47-;;/m0../s1. The number of rotatable bonds is 8. The van der Waals surface area contributed by atoms with Crippen molar-refractivity contribution >= 4 is 40.5 Å². The van der Waals surface area contributed by atoms with Gasteiger partial charge in [0.1, 0.15) is 18.1 Å². The highest BCUT2D eigenvalue weighted by atomic mass is 16.5. The summed E-state index contributed by atoms with van der Waals surface area (Å²) in [4.78, 5) is 78.3. The summed E-state index contributed by atoms with van der Waals surface area (Å²) in [6.07, 6.45) is 7.23. The maximum absolute atomic E-state index is 14.8. The Morgan fingerprint density at radius 3 is 2.55 bits per heavy atom. The summed E-state index contributed by atoms with van der Waals surface area (Å²) in [6.45, 7) is 8.94. The Labute approximate surface area is 397 Å². The molecule has 1 aliphatic carbocycles. The van der Waals surface area contributed by atoms with Gasteiger partial charge < -0.3 is 29.2 Å². The number of likely N-dealkylation sites (N-methyl/N-ethyl adjacent to an activating group) is 1. The largest absolute Gasteiger partial charge is 0.464 e. The van der Waals surface area contributed by atoms with Crippen LogP contribution < -0.4 is 10.7 Å². The first kappa shape index (κ1) is 47.5. The lowest BCUT2D eigenvalue weighted by Crippen LogP contribution is -2.62. The Hall–Kier alpha value is -6.04. The number of fused-ring (bicyclic) bond motifs is 6. The molecule has 0 unspecified atom stereocenters. The number of benzene rings is 2. The molecule has 3 fully saturated rings. The molecule has 5 heterocycles. The van der Waals surface area contributed by atoms with E-state index in [4.69, 9.17) is 14.5 Å². The van der Waals surface area contributed by atoms with Crippen molar-refractivity contribution in [3.8, 4) is 34.2 Å². The number of esters is 1. The van der Waals surface area contributed by atoms with Crippen molar-refractivity contribution in [2.45, 2.75) is 110 Å². The molecule has 2 N–H and O–H groups in total. The maximum atomic E-state index is 14.8. The molecule has 4 aliphatic rings. The Balaban J connectivity index is 0.00000391. The molecule has 2 aromatic heterocycles. The second kappa shape index (κ2) is 20.1. The molecule has 358 valence electrons. The van der Waals surface area contributed by atoms with Crippen molar-refractivity contribution in [1.29, 1.82) is 0 Å². The molecule has 3 aliphatic heterocycles. The highest BCUT2D eigenvalue weighted by molar-refractivity contribution is 5.97. The summed E-state index contributed by atoms with van der Waals surface area (Å²) in [6, 6.07) is 16.0. The molecule has 4 amide bonds. The van der Waals surface area contributed by atoms with Gasteiger partial charge >= 0.3 is 5.97 Å². The zero-order valence-electron chi connectivity index (χ0n) is 40.0. The van der Waals surface area contributed by atoms with Crippen molar-refractivity contribution in [1.82, 2.24) is 35.1 Å². The van der Waals surface area contributed by atoms with Gasteiger partial charge in [0.15, 0.2) is 0 Å². The highest BCUT2D eigenvalue weighted by Gasteiger charge is 2.42. The van der Waals surface area contributed by atoms with E-state index in [2.05, 4.69) is 84.4 Å². The number of aromatic nitrogens is 2. The minimum Gasteiger partial charge on any atom is -0.464 e. The lowest BCUT2D eigenvalue weighted by molar-refractivity contribution is -0.155. The van der Waals surface area contributed by atoms with Crippen LogP contribution in [0.2, 0.25) is 0 Å². The van der Waals surface area contributed by atoms with Gasteiger partial charge in [0.2, 0.25) is 11.8 Å². The van der Waals surface area contributed by atoms with Gasteiger partial charge in [0.05, 0.1) is 30.0 Å². The number of cyclic esters (lactones) is 1. The number of hydrogen-bond donors (Lipinski definition) is 2. The van der Waals surface area contributed by atoms with Gasteiger partial charge in [-0.2, -0.15) is 0 Å². The number of likely N-dealkylation sites (tertiary alicyclic amines) is 1. The first-order valence-electron chi connectivity index (χ1n) is 23.9. The van der Waals surface area contributed by atoms with E-state index in [1.165, 1.54) is 5.01 Å². The lowest BCUT2D eigenvalue weighted by Gasteiger charge is -2.37. The van der Waals surface area contributed by atoms with Gasteiger partial charge in [-0.15, -0.1) is 0 Å². The summed E-state index contributed by atoms with van der Waals surface area (Å²) >= 11 is 0. The van der Waals surface area contributed by atoms with E-state index in [0.717, 1.165) is 75.8 Å². The van der Waals surface area contributed by atoms with E-state index < -0.39 is 41.3 Å². The van der Waals surface area contributed by atoms with Crippen molar-refractivity contribution in [2.75, 3.05) is 40.4 Å². The number of carbonyl (C=O) groups is 5. The summed E-state index contributed by atoms with van der Waals surface area (Å²) < 4.78 is 14.1. The number of methoxy groups -OCH3 is 1. The number of nitrogens with zero attached hydrogens (tertiary/aromatic N) is 5. The van der Waals surface area contributed by atoms with E-state index in [-0.39, 0.29) is 52.2 Å². The smallest absolute Gasteiger partial charge is 0.324 e. The molecule has 0 radical (unpaired) electrons. The van der Waals surface area contributed by atoms with Gasteiger partial charge in [-0.25, -0.2) is 5.43 Å². The zero-order chi connectivity index (χ0) is 47.6. The number of nitrogens with one attached hydrogen (secondary N) is 2. The molecular formula is C53H69N7O7. The van der Waals surface area contributed by atoms with Crippen LogP contribution in [0.25, 0.3) is 33.3 Å². The number of aryl methyl sites for hydroxylation is 1. The number of amides is 4. The normalized spacial score (nSPS) is 22.0. The van der Waals surface area contributed by atoms with Crippen molar-refractivity contribution in [3.05, 3.63) is 77.6 Å². The average molecular weight is 916 g/mol. The molecule has 14 heteroatoms. The Morgan fingerprint density at radius 1 is 1.01 bits per heavy atom. The number of ether oxygens (including phenoxy) is 2. The fourth-order valence-electron chi connectivity index (χ4n) is 10.8. The Bertz CT molecular complexity index is 2620. The molecular weight excluding hydrogens is 847 g/mol. The third kappa shape index (κ3) is 10.00. The molecule has 67 heavy (non-hydrogen) atoms. The zero-order valence-corrected chi connectivity index (χ0v) is 40.0. The first-order chi connectivity index (χ1) is 32.2. The van der Waals surface area contributed by atoms with Crippen LogP contribution in [-0.2, 0) is 53.3 Å². The fourth-order valence-corrected chi connectivity index (χ4v) is 10.8. The molecule has 5 atom stereocenters. The van der Waals surface area contributed by atoms with E-state index in [9.17, 15) is 24.0 Å². The van der Waals surface area contributed by atoms with Crippen LogP contribution in [-0.4, -0.2) is 112 Å². The topological polar surface area (TPSA) is 155 Å². The third-order valence-electron chi connectivity index (χ3n) is 14.4. The predicted octanol–water partition coefficient (Wildman–Crippen LogP) is 6.64. The third-order valence-corrected chi connectivity index (χ3v) is 14.4. The van der Waals surface area contributed by atoms with Gasteiger partial charge in [-0.05, 0) is 111 Å². The molecule has 8 rings (SSSR count). The average Bonchev–Trinajstić information content (AvgIpc) is 4.11. The second-order valence-electron chi connectivity index (χ2n) is 19.7. The minimum absolute atomic E-state index is 0. The first-order valence-corrected chi connectivity index (χ1v) is 23.9. The summed E-state index contributed by atoms with van der Waals surface area (Å²) in [5.74, 6) is 2.93. The van der Waals surface area contributed by atoms with Gasteiger partial charge in [-0.3, -0.25) is 34.0 Å². The summed E-state index contributed by atoms with van der Waals surface area (Å²) in [5.41, 5.74) is 10.4. The molecule has 14 nitrogen and oxygen atoms in total. The van der Waals surface area contributed by atoms with Crippen molar-refractivity contribution in [2.24, 2.45) is 24.3 Å². The van der Waals surface area contributed by atoms with Crippen molar-refractivity contribution < 1.29 is 36.3 Å². The van der Waals surface area contributed by atoms with Gasteiger partial charge in [-0.1, -0.05) is 62.9 Å². The number of hydrogen-bond acceptors (Lipinski definition) is 9. The number of carbonyl (C=O) groups excluding carboxylic acids is 5. The molecule has 0 spiro atoms. The van der Waals surface area contributed by atoms with Crippen LogP contribution in [0.3, 0.4) is 0 Å². The molecule has 2 aromatic carbocycles. The van der Waals surface area contributed by atoms with Gasteiger partial charge in [0.25, 0.3) is 11.8 Å². The number of hydrazine groups is 1. The van der Waals surface area contributed by atoms with Crippen molar-refractivity contribution in [3.63, 3.8) is 0 Å². The van der Waals surface area contributed by atoms with Crippen LogP contribution in [0.15, 0.2) is 60.8 Å². The van der Waals surface area contributed by atoms with Crippen LogP contribution in [0.5, 0.6) is 0 Å². The molecule has 1 saturated carbocycles. The molecule has 6 bridgehead atoms. The molecule has 4 aromatic rings.